The maximum Gasteiger partial charge on any atom is 0.337 e. The molecule has 1 aromatic heterocycles. The number of anilines is 1. The first-order chi connectivity index (χ1) is 7.10. The number of aromatic carboxylic acids is 1. The third-order valence-corrected chi connectivity index (χ3v) is 2.41. The van der Waals surface area contributed by atoms with Crippen LogP contribution in [0.3, 0.4) is 0 Å². The molecule has 0 aliphatic carbocycles. The summed E-state index contributed by atoms with van der Waals surface area (Å²) in [5.74, 6) is -0.0893. The Labute approximate surface area is 89.6 Å². The van der Waals surface area contributed by atoms with E-state index in [1.165, 1.54) is 6.20 Å². The molecular formula is C11H16N2O2. The highest BCUT2D eigenvalue weighted by Crippen LogP contribution is 2.15. The largest absolute Gasteiger partial charge is 0.478 e. The van der Waals surface area contributed by atoms with Crippen LogP contribution >= 0.6 is 0 Å². The highest BCUT2D eigenvalue weighted by molar-refractivity contribution is 5.89. The fourth-order valence-electron chi connectivity index (χ4n) is 1.49. The quantitative estimate of drug-likeness (QED) is 0.821. The number of pyridine rings is 1. The molecule has 0 atom stereocenters. The predicted octanol–water partition coefficient (Wildman–Crippen LogP) is 1.93. The molecular weight excluding hydrogens is 192 g/mol. The van der Waals surface area contributed by atoms with Gasteiger partial charge in [-0.3, -0.25) is 0 Å². The zero-order valence-electron chi connectivity index (χ0n) is 9.32. The van der Waals surface area contributed by atoms with E-state index in [9.17, 15) is 4.79 Å². The number of rotatable bonds is 4. The Bertz CT molecular complexity index is 360. The Morgan fingerprint density at radius 3 is 2.47 bits per heavy atom. The van der Waals surface area contributed by atoms with Gasteiger partial charge in [-0.1, -0.05) is 0 Å². The van der Waals surface area contributed by atoms with Crippen molar-refractivity contribution in [1.29, 1.82) is 0 Å². The van der Waals surface area contributed by atoms with Gasteiger partial charge in [0.05, 0.1) is 5.56 Å². The van der Waals surface area contributed by atoms with Crippen LogP contribution in [0.2, 0.25) is 0 Å². The van der Waals surface area contributed by atoms with Crippen molar-refractivity contribution in [2.24, 2.45) is 0 Å². The minimum Gasteiger partial charge on any atom is -0.478 e. The van der Waals surface area contributed by atoms with E-state index in [1.54, 1.807) is 6.92 Å². The average molecular weight is 208 g/mol. The summed E-state index contributed by atoms with van der Waals surface area (Å²) < 4.78 is 0. The summed E-state index contributed by atoms with van der Waals surface area (Å²) in [7, 11) is 0. The van der Waals surface area contributed by atoms with Crippen molar-refractivity contribution in [2.75, 3.05) is 18.0 Å². The van der Waals surface area contributed by atoms with Gasteiger partial charge >= 0.3 is 5.97 Å². The van der Waals surface area contributed by atoms with Crippen molar-refractivity contribution in [3.8, 4) is 0 Å². The van der Waals surface area contributed by atoms with Crippen molar-refractivity contribution < 1.29 is 9.90 Å². The third-order valence-electron chi connectivity index (χ3n) is 2.41. The molecule has 0 aromatic carbocycles. The number of hydrogen-bond donors (Lipinski definition) is 1. The highest BCUT2D eigenvalue weighted by atomic mass is 16.4. The van der Waals surface area contributed by atoms with E-state index in [0.717, 1.165) is 24.5 Å². The van der Waals surface area contributed by atoms with Crippen molar-refractivity contribution in [1.82, 2.24) is 4.98 Å². The van der Waals surface area contributed by atoms with Gasteiger partial charge in [0, 0.05) is 19.3 Å². The second-order valence-corrected chi connectivity index (χ2v) is 3.33. The standard InChI is InChI=1S/C11H16N2O2/c1-4-13(5-2)10-6-8(3)9(7-12-10)11(14)15/h6-7H,4-5H2,1-3H3,(H,14,15). The molecule has 15 heavy (non-hydrogen) atoms. The Balaban J connectivity index is 3.05. The normalized spacial score (nSPS) is 10.1. The molecule has 0 saturated heterocycles. The Morgan fingerprint density at radius 1 is 1.47 bits per heavy atom. The molecule has 1 aromatic rings. The first-order valence-electron chi connectivity index (χ1n) is 5.05. The number of carboxylic acids is 1. The van der Waals surface area contributed by atoms with Gasteiger partial charge in [0.1, 0.15) is 5.82 Å². The van der Waals surface area contributed by atoms with E-state index in [0.29, 0.717) is 0 Å². The van der Waals surface area contributed by atoms with Crippen molar-refractivity contribution in [3.05, 3.63) is 23.4 Å². The lowest BCUT2D eigenvalue weighted by atomic mass is 10.1. The zero-order valence-corrected chi connectivity index (χ0v) is 9.32. The zero-order chi connectivity index (χ0) is 11.4. The molecule has 1 heterocycles. The first-order valence-corrected chi connectivity index (χ1v) is 5.05. The molecule has 0 radical (unpaired) electrons. The van der Waals surface area contributed by atoms with E-state index < -0.39 is 5.97 Å². The van der Waals surface area contributed by atoms with Crippen LogP contribution in [-0.4, -0.2) is 29.1 Å². The Morgan fingerprint density at radius 2 is 2.07 bits per heavy atom. The Kier molecular flexibility index (Phi) is 3.66. The maximum atomic E-state index is 10.8. The van der Waals surface area contributed by atoms with E-state index in [2.05, 4.69) is 9.88 Å². The van der Waals surface area contributed by atoms with E-state index in [1.807, 2.05) is 19.9 Å². The molecule has 4 nitrogen and oxygen atoms in total. The molecule has 0 spiro atoms. The van der Waals surface area contributed by atoms with E-state index >= 15 is 0 Å². The summed E-state index contributed by atoms with van der Waals surface area (Å²) in [6.07, 6.45) is 1.42. The summed E-state index contributed by atoms with van der Waals surface area (Å²) in [6, 6.07) is 1.82. The summed E-state index contributed by atoms with van der Waals surface area (Å²) >= 11 is 0. The van der Waals surface area contributed by atoms with Gasteiger partial charge in [-0.15, -0.1) is 0 Å². The van der Waals surface area contributed by atoms with Gasteiger partial charge in [0.15, 0.2) is 0 Å². The lowest BCUT2D eigenvalue weighted by Crippen LogP contribution is -2.23. The van der Waals surface area contributed by atoms with Crippen molar-refractivity contribution >= 4 is 11.8 Å². The molecule has 0 unspecified atom stereocenters. The predicted molar refractivity (Wildman–Crippen MR) is 59.5 cm³/mol. The molecule has 0 fully saturated rings. The van der Waals surface area contributed by atoms with Crippen LogP contribution in [0.15, 0.2) is 12.3 Å². The fourth-order valence-corrected chi connectivity index (χ4v) is 1.49. The average Bonchev–Trinajstić information content (AvgIpc) is 2.19. The summed E-state index contributed by atoms with van der Waals surface area (Å²) in [4.78, 5) is 17.0. The molecule has 82 valence electrons. The lowest BCUT2D eigenvalue weighted by molar-refractivity contribution is 0.0695. The fraction of sp³-hybridized carbons (Fsp3) is 0.455. The SMILES string of the molecule is CCN(CC)c1cc(C)c(C(=O)O)cn1. The monoisotopic (exact) mass is 208 g/mol. The van der Waals surface area contributed by atoms with Crippen molar-refractivity contribution in [2.45, 2.75) is 20.8 Å². The van der Waals surface area contributed by atoms with Crippen LogP contribution < -0.4 is 4.90 Å². The van der Waals surface area contributed by atoms with Gasteiger partial charge in [0.25, 0.3) is 0 Å². The topological polar surface area (TPSA) is 53.4 Å². The van der Waals surface area contributed by atoms with Gasteiger partial charge in [-0.25, -0.2) is 9.78 Å². The van der Waals surface area contributed by atoms with Crippen LogP contribution in [0.25, 0.3) is 0 Å². The first kappa shape index (κ1) is 11.5. The molecule has 0 aliphatic heterocycles. The smallest absolute Gasteiger partial charge is 0.337 e. The van der Waals surface area contributed by atoms with E-state index in [-0.39, 0.29) is 5.56 Å². The maximum absolute atomic E-state index is 10.8. The van der Waals surface area contributed by atoms with Crippen LogP contribution in [0.4, 0.5) is 5.82 Å². The molecule has 0 amide bonds. The molecule has 1 rings (SSSR count). The van der Waals surface area contributed by atoms with Gasteiger partial charge in [-0.05, 0) is 32.4 Å². The summed E-state index contributed by atoms with van der Waals surface area (Å²) in [5.41, 5.74) is 1.02. The van der Waals surface area contributed by atoms with Gasteiger partial charge < -0.3 is 10.0 Å². The summed E-state index contributed by atoms with van der Waals surface area (Å²) in [5, 5.41) is 8.86. The number of aromatic nitrogens is 1. The second-order valence-electron chi connectivity index (χ2n) is 3.33. The van der Waals surface area contributed by atoms with Crippen LogP contribution in [0.1, 0.15) is 29.8 Å². The minimum absolute atomic E-state index is 0.269. The van der Waals surface area contributed by atoms with Crippen molar-refractivity contribution in [3.63, 3.8) is 0 Å². The van der Waals surface area contributed by atoms with Crippen LogP contribution in [0, 0.1) is 6.92 Å². The van der Waals surface area contributed by atoms with Crippen LogP contribution in [0.5, 0.6) is 0 Å². The number of carboxylic acid groups (broad SMARTS) is 1. The molecule has 1 N–H and O–H groups in total. The van der Waals surface area contributed by atoms with E-state index in [4.69, 9.17) is 5.11 Å². The summed E-state index contributed by atoms with van der Waals surface area (Å²) in [6.45, 7) is 7.63. The molecule has 4 heteroatoms. The lowest BCUT2D eigenvalue weighted by Gasteiger charge is -2.20. The number of aryl methyl sites for hydroxylation is 1. The molecule has 0 saturated carbocycles. The minimum atomic E-state index is -0.925. The molecule has 0 bridgehead atoms. The number of hydrogen-bond acceptors (Lipinski definition) is 3. The number of nitrogens with zero attached hydrogens (tertiary/aromatic N) is 2. The van der Waals surface area contributed by atoms with Crippen LogP contribution in [-0.2, 0) is 0 Å². The highest BCUT2D eigenvalue weighted by Gasteiger charge is 2.10. The molecule has 0 aliphatic rings. The Hall–Kier alpha value is -1.58. The third kappa shape index (κ3) is 2.46. The second kappa shape index (κ2) is 4.77. The van der Waals surface area contributed by atoms with Gasteiger partial charge in [0.2, 0.25) is 0 Å². The van der Waals surface area contributed by atoms with Gasteiger partial charge in [-0.2, -0.15) is 0 Å². The number of carbonyl (C=O) groups is 1.